The van der Waals surface area contributed by atoms with Crippen LogP contribution in [0.25, 0.3) is 0 Å². The topological polar surface area (TPSA) is 58.6 Å². The Hall–Kier alpha value is -1.88. The minimum atomic E-state index is -0.658. The van der Waals surface area contributed by atoms with Gasteiger partial charge in [-0.15, -0.1) is 0 Å². The van der Waals surface area contributed by atoms with Gasteiger partial charge in [0.1, 0.15) is 11.8 Å². The molecule has 1 heterocycles. The maximum absolute atomic E-state index is 13.6. The standard InChI is InChI=1S/C22H32N2O3/c1-5-17(4)23-20(25)19-14-27-22(12-8-9-15(2)13-22)24(19)21(26)18-11-7-6-10-16(18)3/h6-7,10-11,15,17,19H,5,8-9,12-14H2,1-4H3,(H,23,25). The van der Waals surface area contributed by atoms with Crippen molar-refractivity contribution in [1.82, 2.24) is 10.2 Å². The van der Waals surface area contributed by atoms with E-state index in [0.717, 1.165) is 37.7 Å². The SMILES string of the molecule is CCC(C)NC(=O)C1COC2(CCCC(C)C2)N1C(=O)c1ccccc1C. The second kappa shape index (κ2) is 8.01. The van der Waals surface area contributed by atoms with Gasteiger partial charge in [0, 0.05) is 11.6 Å². The van der Waals surface area contributed by atoms with Crippen LogP contribution in [0, 0.1) is 12.8 Å². The van der Waals surface area contributed by atoms with Crippen molar-refractivity contribution in [2.24, 2.45) is 5.92 Å². The molecular formula is C22H32N2O3. The van der Waals surface area contributed by atoms with E-state index < -0.39 is 11.8 Å². The Morgan fingerprint density at radius 3 is 2.78 bits per heavy atom. The lowest BCUT2D eigenvalue weighted by atomic mass is 9.82. The van der Waals surface area contributed by atoms with Crippen LogP contribution in [0.15, 0.2) is 24.3 Å². The molecule has 1 saturated heterocycles. The summed E-state index contributed by atoms with van der Waals surface area (Å²) < 4.78 is 6.24. The summed E-state index contributed by atoms with van der Waals surface area (Å²) in [6.07, 6.45) is 4.59. The molecule has 2 fully saturated rings. The highest BCUT2D eigenvalue weighted by Crippen LogP contribution is 2.43. The quantitative estimate of drug-likeness (QED) is 0.877. The van der Waals surface area contributed by atoms with E-state index in [-0.39, 0.29) is 24.5 Å². The summed E-state index contributed by atoms with van der Waals surface area (Å²) >= 11 is 0. The van der Waals surface area contributed by atoms with Gasteiger partial charge in [-0.1, -0.05) is 38.5 Å². The fraction of sp³-hybridized carbons (Fsp3) is 0.636. The molecule has 4 atom stereocenters. The number of ether oxygens (including phenoxy) is 1. The Morgan fingerprint density at radius 1 is 1.37 bits per heavy atom. The summed E-state index contributed by atoms with van der Waals surface area (Å²) in [5.74, 6) is 0.271. The van der Waals surface area contributed by atoms with Gasteiger partial charge in [-0.05, 0) is 57.1 Å². The number of carbonyl (C=O) groups excluding carboxylic acids is 2. The second-order valence-electron chi connectivity index (χ2n) is 8.28. The smallest absolute Gasteiger partial charge is 0.257 e. The zero-order valence-electron chi connectivity index (χ0n) is 17.0. The molecule has 4 unspecified atom stereocenters. The number of nitrogens with one attached hydrogen (secondary N) is 1. The van der Waals surface area contributed by atoms with E-state index in [1.807, 2.05) is 45.0 Å². The van der Waals surface area contributed by atoms with Crippen LogP contribution in [-0.4, -0.2) is 41.1 Å². The molecule has 5 nitrogen and oxygen atoms in total. The number of rotatable bonds is 4. The minimum Gasteiger partial charge on any atom is -0.353 e. The molecule has 148 valence electrons. The van der Waals surface area contributed by atoms with Crippen LogP contribution in [0.1, 0.15) is 68.8 Å². The monoisotopic (exact) mass is 372 g/mol. The number of nitrogens with zero attached hydrogens (tertiary/aromatic N) is 1. The zero-order chi connectivity index (χ0) is 19.6. The average molecular weight is 373 g/mol. The summed E-state index contributed by atoms with van der Waals surface area (Å²) in [5.41, 5.74) is 0.922. The van der Waals surface area contributed by atoms with Gasteiger partial charge in [-0.3, -0.25) is 14.5 Å². The Labute approximate surface area is 162 Å². The summed E-state index contributed by atoms with van der Waals surface area (Å²) in [4.78, 5) is 28.3. The lowest BCUT2D eigenvalue weighted by molar-refractivity contribution is -0.129. The lowest BCUT2D eigenvalue weighted by Crippen LogP contribution is -2.57. The predicted molar refractivity (Wildman–Crippen MR) is 105 cm³/mol. The normalized spacial score (nSPS) is 29.0. The van der Waals surface area contributed by atoms with E-state index >= 15 is 0 Å². The Morgan fingerprint density at radius 2 is 2.11 bits per heavy atom. The molecule has 3 rings (SSSR count). The Kier molecular flexibility index (Phi) is 5.89. The molecule has 0 aromatic heterocycles. The molecule has 0 radical (unpaired) electrons. The van der Waals surface area contributed by atoms with Crippen molar-refractivity contribution >= 4 is 11.8 Å². The van der Waals surface area contributed by atoms with Gasteiger partial charge in [0.2, 0.25) is 5.91 Å². The van der Waals surface area contributed by atoms with Crippen LogP contribution in [0.5, 0.6) is 0 Å². The van der Waals surface area contributed by atoms with E-state index in [4.69, 9.17) is 4.74 Å². The largest absolute Gasteiger partial charge is 0.353 e. The summed E-state index contributed by atoms with van der Waals surface area (Å²) in [7, 11) is 0. The van der Waals surface area contributed by atoms with Crippen molar-refractivity contribution in [2.45, 2.75) is 77.6 Å². The Balaban J connectivity index is 1.96. The molecule has 1 aliphatic heterocycles. The molecule has 1 N–H and O–H groups in total. The van der Waals surface area contributed by atoms with Crippen molar-refractivity contribution in [3.63, 3.8) is 0 Å². The molecule has 1 aromatic carbocycles. The van der Waals surface area contributed by atoms with Gasteiger partial charge in [-0.2, -0.15) is 0 Å². The number of benzene rings is 1. The number of aryl methyl sites for hydroxylation is 1. The molecule has 1 aliphatic carbocycles. The summed E-state index contributed by atoms with van der Waals surface area (Å²) in [6, 6.07) is 7.10. The molecule has 0 bridgehead atoms. The van der Waals surface area contributed by atoms with Crippen LogP contribution < -0.4 is 5.32 Å². The van der Waals surface area contributed by atoms with Crippen molar-refractivity contribution < 1.29 is 14.3 Å². The second-order valence-corrected chi connectivity index (χ2v) is 8.28. The maximum atomic E-state index is 13.6. The van der Waals surface area contributed by atoms with E-state index in [0.29, 0.717) is 11.5 Å². The van der Waals surface area contributed by atoms with Gasteiger partial charge in [0.25, 0.3) is 5.91 Å². The van der Waals surface area contributed by atoms with Gasteiger partial charge in [-0.25, -0.2) is 0 Å². The Bertz CT molecular complexity index is 705. The fourth-order valence-corrected chi connectivity index (χ4v) is 4.39. The van der Waals surface area contributed by atoms with Crippen molar-refractivity contribution in [3.8, 4) is 0 Å². The van der Waals surface area contributed by atoms with Crippen LogP contribution in [0.2, 0.25) is 0 Å². The first-order valence-electron chi connectivity index (χ1n) is 10.2. The first-order chi connectivity index (χ1) is 12.9. The van der Waals surface area contributed by atoms with Gasteiger partial charge >= 0.3 is 0 Å². The maximum Gasteiger partial charge on any atom is 0.257 e. The molecule has 5 heteroatoms. The van der Waals surface area contributed by atoms with E-state index in [1.54, 1.807) is 4.90 Å². The third-order valence-electron chi connectivity index (χ3n) is 6.09. The highest BCUT2D eigenvalue weighted by Gasteiger charge is 2.54. The van der Waals surface area contributed by atoms with E-state index in [2.05, 4.69) is 12.2 Å². The molecule has 27 heavy (non-hydrogen) atoms. The number of amides is 2. The van der Waals surface area contributed by atoms with Crippen LogP contribution in [0.3, 0.4) is 0 Å². The molecule has 1 saturated carbocycles. The van der Waals surface area contributed by atoms with Crippen molar-refractivity contribution in [1.29, 1.82) is 0 Å². The number of carbonyl (C=O) groups is 2. The number of hydrogen-bond acceptors (Lipinski definition) is 3. The van der Waals surface area contributed by atoms with Crippen LogP contribution >= 0.6 is 0 Å². The zero-order valence-corrected chi connectivity index (χ0v) is 17.0. The molecular weight excluding hydrogens is 340 g/mol. The highest BCUT2D eigenvalue weighted by atomic mass is 16.5. The predicted octanol–water partition coefficient (Wildman–Crippen LogP) is 3.66. The lowest BCUT2D eigenvalue weighted by Gasteiger charge is -2.43. The van der Waals surface area contributed by atoms with Crippen LogP contribution in [0.4, 0.5) is 0 Å². The van der Waals surface area contributed by atoms with E-state index in [9.17, 15) is 9.59 Å². The average Bonchev–Trinajstić information content (AvgIpc) is 2.99. The third-order valence-corrected chi connectivity index (χ3v) is 6.09. The van der Waals surface area contributed by atoms with Gasteiger partial charge < -0.3 is 10.1 Å². The molecule has 2 aliphatic rings. The number of hydrogen-bond donors (Lipinski definition) is 1. The van der Waals surface area contributed by atoms with Crippen molar-refractivity contribution in [2.75, 3.05) is 6.61 Å². The summed E-state index contributed by atoms with van der Waals surface area (Å²) in [5, 5.41) is 3.04. The van der Waals surface area contributed by atoms with Gasteiger partial charge in [0.15, 0.2) is 0 Å². The highest BCUT2D eigenvalue weighted by molar-refractivity contribution is 5.99. The first-order valence-corrected chi connectivity index (χ1v) is 10.2. The van der Waals surface area contributed by atoms with E-state index in [1.165, 1.54) is 0 Å². The van der Waals surface area contributed by atoms with Crippen molar-refractivity contribution in [3.05, 3.63) is 35.4 Å². The molecule has 1 aromatic rings. The van der Waals surface area contributed by atoms with Crippen LogP contribution in [-0.2, 0) is 9.53 Å². The minimum absolute atomic E-state index is 0.0785. The summed E-state index contributed by atoms with van der Waals surface area (Å²) in [6.45, 7) is 8.44. The third kappa shape index (κ3) is 3.88. The first kappa shape index (κ1) is 19.9. The molecule has 2 amide bonds. The van der Waals surface area contributed by atoms with Gasteiger partial charge in [0.05, 0.1) is 6.61 Å². The fourth-order valence-electron chi connectivity index (χ4n) is 4.39. The molecule has 1 spiro atoms.